The molecule has 0 N–H and O–H groups in total. The highest BCUT2D eigenvalue weighted by Gasteiger charge is 2.32. The number of aromatic nitrogens is 1. The van der Waals surface area contributed by atoms with Crippen molar-refractivity contribution in [2.45, 2.75) is 41.0 Å². The molecule has 1 fully saturated rings. The number of hydrogen-bond donors (Lipinski definition) is 0. The van der Waals surface area contributed by atoms with E-state index in [1.54, 1.807) is 4.90 Å². The van der Waals surface area contributed by atoms with Crippen LogP contribution in [-0.4, -0.2) is 27.1 Å². The number of likely N-dealkylation sites (N-methyl/N-ethyl adjacent to an activating group) is 1. The lowest BCUT2D eigenvalue weighted by Crippen LogP contribution is -2.28. The quantitative estimate of drug-likeness (QED) is 0.417. The summed E-state index contributed by atoms with van der Waals surface area (Å²) in [5.74, 6) is 0.0159. The van der Waals surface area contributed by atoms with E-state index >= 15 is 0 Å². The zero-order chi connectivity index (χ0) is 22.8. The van der Waals surface area contributed by atoms with Gasteiger partial charge in [0.25, 0.3) is 5.91 Å². The summed E-state index contributed by atoms with van der Waals surface area (Å²) in [6.07, 6.45) is 3.00. The van der Waals surface area contributed by atoms with Crippen molar-refractivity contribution in [2.24, 2.45) is 4.99 Å². The lowest BCUT2D eigenvalue weighted by atomic mass is 10.1. The minimum atomic E-state index is 0.0159. The van der Waals surface area contributed by atoms with Crippen molar-refractivity contribution in [2.75, 3.05) is 6.54 Å². The van der Waals surface area contributed by atoms with Crippen LogP contribution in [0.2, 0.25) is 0 Å². The fourth-order valence-corrected chi connectivity index (χ4v) is 5.28. The Morgan fingerprint density at radius 3 is 2.44 bits per heavy atom. The molecule has 0 spiro atoms. The van der Waals surface area contributed by atoms with Crippen molar-refractivity contribution in [3.63, 3.8) is 0 Å². The summed E-state index contributed by atoms with van der Waals surface area (Å²) in [6, 6.07) is 18.4. The molecule has 32 heavy (non-hydrogen) atoms. The molecule has 1 aromatic heterocycles. The molecular weight excluding hydrogens is 414 g/mol. The topological polar surface area (TPSA) is 37.6 Å². The highest BCUT2D eigenvalue weighted by atomic mass is 32.2. The molecule has 1 amide bonds. The number of thioether (sulfide) groups is 1. The molecule has 1 aliphatic heterocycles. The summed E-state index contributed by atoms with van der Waals surface area (Å²) in [5, 5.41) is 0.732. The van der Waals surface area contributed by atoms with Crippen LogP contribution in [0.3, 0.4) is 0 Å². The van der Waals surface area contributed by atoms with Crippen molar-refractivity contribution in [3.8, 4) is 5.69 Å². The first-order chi connectivity index (χ1) is 15.4. The second kappa shape index (κ2) is 9.21. The highest BCUT2D eigenvalue weighted by molar-refractivity contribution is 8.18. The van der Waals surface area contributed by atoms with Gasteiger partial charge in [-0.05, 0) is 86.8 Å². The minimum absolute atomic E-state index is 0.0159. The summed E-state index contributed by atoms with van der Waals surface area (Å²) in [7, 11) is 0. The average molecular weight is 444 g/mol. The molecule has 164 valence electrons. The monoisotopic (exact) mass is 443 g/mol. The smallest absolute Gasteiger partial charge is 0.266 e. The molecule has 1 aliphatic rings. The maximum atomic E-state index is 13.1. The third kappa shape index (κ3) is 4.05. The summed E-state index contributed by atoms with van der Waals surface area (Å²) in [4.78, 5) is 20.3. The highest BCUT2D eigenvalue weighted by Crippen LogP contribution is 2.35. The molecule has 0 saturated carbocycles. The lowest BCUT2D eigenvalue weighted by Gasteiger charge is -2.17. The Labute approximate surface area is 194 Å². The number of carbonyl (C=O) groups excluding carboxylic acids is 1. The van der Waals surface area contributed by atoms with Crippen LogP contribution in [0, 0.1) is 20.8 Å². The van der Waals surface area contributed by atoms with E-state index in [1.807, 2.05) is 43.3 Å². The molecule has 0 unspecified atom stereocenters. The van der Waals surface area contributed by atoms with E-state index < -0.39 is 0 Å². The molecular formula is C27H29N3OS. The largest absolute Gasteiger partial charge is 0.317 e. The molecule has 1 saturated heterocycles. The van der Waals surface area contributed by atoms with Crippen LogP contribution in [0.4, 0.5) is 5.69 Å². The van der Waals surface area contributed by atoms with Gasteiger partial charge in [-0.3, -0.25) is 9.69 Å². The maximum absolute atomic E-state index is 13.1. The fourth-order valence-electron chi connectivity index (χ4n) is 4.23. The van der Waals surface area contributed by atoms with Gasteiger partial charge in [-0.1, -0.05) is 43.3 Å². The molecule has 2 heterocycles. The first-order valence-electron chi connectivity index (χ1n) is 11.1. The van der Waals surface area contributed by atoms with E-state index in [0.717, 1.165) is 28.5 Å². The zero-order valence-electron chi connectivity index (χ0n) is 19.3. The predicted octanol–water partition coefficient (Wildman–Crippen LogP) is 6.59. The van der Waals surface area contributed by atoms with Crippen LogP contribution in [0.15, 0.2) is 64.5 Å². The van der Waals surface area contributed by atoms with Crippen molar-refractivity contribution in [1.82, 2.24) is 9.47 Å². The second-order valence-corrected chi connectivity index (χ2v) is 9.00. The van der Waals surface area contributed by atoms with Gasteiger partial charge in [-0.15, -0.1) is 0 Å². The molecule has 0 bridgehead atoms. The minimum Gasteiger partial charge on any atom is -0.317 e. The normalized spacial score (nSPS) is 16.5. The number of benzene rings is 2. The molecule has 5 heteroatoms. The van der Waals surface area contributed by atoms with Crippen LogP contribution < -0.4 is 0 Å². The zero-order valence-corrected chi connectivity index (χ0v) is 20.2. The number of aliphatic imine (C=N–C) groups is 1. The van der Waals surface area contributed by atoms with Gasteiger partial charge in [0.1, 0.15) is 0 Å². The van der Waals surface area contributed by atoms with Crippen LogP contribution in [0.5, 0.6) is 0 Å². The van der Waals surface area contributed by atoms with Gasteiger partial charge in [0.15, 0.2) is 5.17 Å². The Morgan fingerprint density at radius 2 is 1.75 bits per heavy atom. The molecule has 0 atom stereocenters. The maximum Gasteiger partial charge on any atom is 0.266 e. The molecule has 0 radical (unpaired) electrons. The first kappa shape index (κ1) is 22.2. The van der Waals surface area contributed by atoms with E-state index in [1.165, 1.54) is 34.3 Å². The number of amidine groups is 1. The third-order valence-corrected chi connectivity index (χ3v) is 6.87. The van der Waals surface area contributed by atoms with Gasteiger partial charge in [-0.2, -0.15) is 0 Å². The molecule has 3 aromatic rings. The molecule has 4 nitrogen and oxygen atoms in total. The van der Waals surface area contributed by atoms with Crippen molar-refractivity contribution >= 4 is 34.6 Å². The van der Waals surface area contributed by atoms with Crippen molar-refractivity contribution < 1.29 is 4.79 Å². The first-order valence-corrected chi connectivity index (χ1v) is 11.9. The van der Waals surface area contributed by atoms with Gasteiger partial charge >= 0.3 is 0 Å². The van der Waals surface area contributed by atoms with Crippen molar-refractivity contribution in [3.05, 3.63) is 87.6 Å². The Balaban J connectivity index is 1.75. The summed E-state index contributed by atoms with van der Waals surface area (Å²) >= 11 is 1.45. The summed E-state index contributed by atoms with van der Waals surface area (Å²) in [6.45, 7) is 11.2. The van der Waals surface area contributed by atoms with Crippen LogP contribution in [0.1, 0.15) is 41.9 Å². The summed E-state index contributed by atoms with van der Waals surface area (Å²) in [5.41, 5.74) is 8.07. The molecule has 2 aromatic carbocycles. The number of carbonyl (C=O) groups is 1. The Bertz CT molecular complexity index is 1220. The van der Waals surface area contributed by atoms with Crippen LogP contribution in [0.25, 0.3) is 11.8 Å². The van der Waals surface area contributed by atoms with E-state index in [2.05, 4.69) is 56.5 Å². The summed E-state index contributed by atoms with van der Waals surface area (Å²) < 4.78 is 2.32. The Kier molecular flexibility index (Phi) is 6.38. The number of hydrogen-bond acceptors (Lipinski definition) is 3. The molecule has 0 aliphatic carbocycles. The van der Waals surface area contributed by atoms with Crippen LogP contribution in [-0.2, 0) is 11.2 Å². The predicted molar refractivity (Wildman–Crippen MR) is 136 cm³/mol. The third-order valence-electron chi connectivity index (χ3n) is 5.87. The van der Waals surface area contributed by atoms with Gasteiger partial charge in [0.2, 0.25) is 0 Å². The fraction of sp³-hybridized carbons (Fsp3) is 0.259. The number of rotatable bonds is 5. The van der Waals surface area contributed by atoms with E-state index in [9.17, 15) is 4.79 Å². The van der Waals surface area contributed by atoms with Crippen LogP contribution >= 0.6 is 11.8 Å². The number of nitrogens with zero attached hydrogens (tertiary/aromatic N) is 3. The number of para-hydroxylation sites is 2. The van der Waals surface area contributed by atoms with E-state index in [0.29, 0.717) is 11.4 Å². The van der Waals surface area contributed by atoms with Gasteiger partial charge in [0, 0.05) is 17.9 Å². The Morgan fingerprint density at radius 1 is 1.00 bits per heavy atom. The van der Waals surface area contributed by atoms with Crippen molar-refractivity contribution in [1.29, 1.82) is 0 Å². The van der Waals surface area contributed by atoms with Gasteiger partial charge in [0.05, 0.1) is 16.3 Å². The van der Waals surface area contributed by atoms with E-state index in [-0.39, 0.29) is 5.91 Å². The average Bonchev–Trinajstić information content (AvgIpc) is 3.23. The Hall–Kier alpha value is -3.05. The number of aryl methyl sites for hydroxylation is 3. The van der Waals surface area contributed by atoms with Gasteiger partial charge in [-0.25, -0.2) is 4.99 Å². The standard InChI is InChI=1S/C27H29N3OS/c1-6-21-13-11-12-18(3)25(21)30-19(4)16-22(20(30)5)17-24-26(31)29(7-2)27(32-24)28-23-14-9-8-10-15-23/h8-17H,6-7H2,1-5H3/b24-17-,28-27?. The van der Waals surface area contributed by atoms with E-state index in [4.69, 9.17) is 4.99 Å². The SMILES string of the molecule is CCc1cccc(C)c1-n1c(C)cc(/C=C2\SC(=Nc3ccccc3)N(CC)C2=O)c1C. The lowest BCUT2D eigenvalue weighted by molar-refractivity contribution is -0.122. The molecule has 4 rings (SSSR count). The second-order valence-electron chi connectivity index (χ2n) is 7.99. The number of amides is 1. The van der Waals surface area contributed by atoms with Gasteiger partial charge < -0.3 is 4.57 Å².